The summed E-state index contributed by atoms with van der Waals surface area (Å²) in [5, 5.41) is 6.41. The molecular formula is C27H29N3O4. The first-order chi connectivity index (χ1) is 16.5. The van der Waals surface area contributed by atoms with Crippen molar-refractivity contribution in [2.45, 2.75) is 0 Å². The molecule has 0 saturated heterocycles. The molecular weight excluding hydrogens is 430 g/mol. The first-order valence-electron chi connectivity index (χ1n) is 11.0. The lowest BCUT2D eigenvalue weighted by Gasteiger charge is -2.16. The molecule has 0 aliphatic carbocycles. The standard InChI is InChI=1S/C27H29N3O4/c1-30(2)14-15-34-20-12-10-19(11-13-20)28-26(18-8-6-5-7-9-18)25-21-16-23(32-3)24(33-4)17-22(21)29-27(25)31/h5-13,16-17,28H,14-15H2,1-4H3,(H,29,31). The molecule has 4 rings (SSSR count). The summed E-state index contributed by atoms with van der Waals surface area (Å²) in [6.45, 7) is 1.45. The number of rotatable bonds is 9. The van der Waals surface area contributed by atoms with E-state index in [2.05, 4.69) is 15.5 Å². The minimum Gasteiger partial charge on any atom is -0.493 e. The zero-order valence-electron chi connectivity index (χ0n) is 19.8. The van der Waals surface area contributed by atoms with Crippen LogP contribution in [0.15, 0.2) is 66.7 Å². The minimum absolute atomic E-state index is 0.194. The van der Waals surface area contributed by atoms with Gasteiger partial charge in [0.1, 0.15) is 12.4 Å². The maximum absolute atomic E-state index is 13.1. The third-order valence-electron chi connectivity index (χ3n) is 5.51. The largest absolute Gasteiger partial charge is 0.493 e. The fourth-order valence-electron chi connectivity index (χ4n) is 3.75. The van der Waals surface area contributed by atoms with Crippen LogP contribution in [0.25, 0.3) is 11.3 Å². The van der Waals surface area contributed by atoms with Gasteiger partial charge in [-0.25, -0.2) is 0 Å². The molecule has 176 valence electrons. The van der Waals surface area contributed by atoms with E-state index in [4.69, 9.17) is 14.2 Å². The quantitative estimate of drug-likeness (QED) is 0.457. The second-order valence-corrected chi connectivity index (χ2v) is 8.12. The number of hydrogen-bond donors (Lipinski definition) is 2. The Balaban J connectivity index is 1.72. The number of anilines is 2. The number of nitrogens with one attached hydrogen (secondary N) is 2. The molecule has 0 unspecified atom stereocenters. The molecule has 0 radical (unpaired) electrons. The van der Waals surface area contributed by atoms with Crippen LogP contribution >= 0.6 is 0 Å². The Bertz CT molecular complexity index is 1190. The van der Waals surface area contributed by atoms with E-state index in [1.165, 1.54) is 0 Å². The molecule has 1 aliphatic rings. The average Bonchev–Trinajstić information content (AvgIpc) is 3.17. The molecule has 7 heteroatoms. The van der Waals surface area contributed by atoms with Crippen molar-refractivity contribution in [3.8, 4) is 17.2 Å². The molecule has 0 bridgehead atoms. The van der Waals surface area contributed by atoms with Crippen molar-refractivity contribution in [1.82, 2.24) is 4.90 Å². The molecule has 3 aromatic carbocycles. The van der Waals surface area contributed by atoms with Crippen molar-refractivity contribution in [1.29, 1.82) is 0 Å². The second-order valence-electron chi connectivity index (χ2n) is 8.12. The number of benzene rings is 3. The predicted molar refractivity (Wildman–Crippen MR) is 136 cm³/mol. The van der Waals surface area contributed by atoms with Crippen molar-refractivity contribution < 1.29 is 19.0 Å². The highest BCUT2D eigenvalue weighted by Gasteiger charge is 2.30. The van der Waals surface area contributed by atoms with Crippen molar-refractivity contribution in [3.63, 3.8) is 0 Å². The highest BCUT2D eigenvalue weighted by Crippen LogP contribution is 2.43. The van der Waals surface area contributed by atoms with Crippen LogP contribution < -0.4 is 24.8 Å². The number of methoxy groups -OCH3 is 2. The van der Waals surface area contributed by atoms with Gasteiger partial charge in [-0.2, -0.15) is 0 Å². The van der Waals surface area contributed by atoms with E-state index < -0.39 is 0 Å². The molecule has 7 nitrogen and oxygen atoms in total. The number of likely N-dealkylation sites (N-methyl/N-ethyl adjacent to an activating group) is 1. The average molecular weight is 460 g/mol. The Morgan fingerprint density at radius 2 is 1.62 bits per heavy atom. The van der Waals surface area contributed by atoms with Crippen molar-refractivity contribution >= 4 is 28.6 Å². The summed E-state index contributed by atoms with van der Waals surface area (Å²) in [7, 11) is 7.18. The van der Waals surface area contributed by atoms with Gasteiger partial charge in [0.05, 0.1) is 31.2 Å². The highest BCUT2D eigenvalue weighted by molar-refractivity contribution is 6.37. The molecule has 0 atom stereocenters. The monoisotopic (exact) mass is 459 g/mol. The lowest BCUT2D eigenvalue weighted by Crippen LogP contribution is -2.19. The molecule has 0 fully saturated rings. The Morgan fingerprint density at radius 1 is 0.941 bits per heavy atom. The van der Waals surface area contributed by atoms with E-state index in [1.54, 1.807) is 20.3 Å². The van der Waals surface area contributed by atoms with E-state index in [-0.39, 0.29) is 5.91 Å². The molecule has 1 heterocycles. The van der Waals surface area contributed by atoms with Crippen LogP contribution in [0.4, 0.5) is 11.4 Å². The smallest absolute Gasteiger partial charge is 0.258 e. The molecule has 0 aromatic heterocycles. The van der Waals surface area contributed by atoms with Gasteiger partial charge < -0.3 is 29.7 Å². The Kier molecular flexibility index (Phi) is 7.04. The van der Waals surface area contributed by atoms with Gasteiger partial charge in [0, 0.05) is 23.9 Å². The number of ether oxygens (including phenoxy) is 3. The van der Waals surface area contributed by atoms with Crippen LogP contribution in [0.3, 0.4) is 0 Å². The summed E-state index contributed by atoms with van der Waals surface area (Å²) >= 11 is 0. The molecule has 1 aliphatic heterocycles. The van der Waals surface area contributed by atoms with E-state index in [0.29, 0.717) is 35.1 Å². The summed E-state index contributed by atoms with van der Waals surface area (Å²) in [4.78, 5) is 15.2. The molecule has 2 N–H and O–H groups in total. The normalized spacial score (nSPS) is 13.9. The number of carbonyl (C=O) groups is 1. The first kappa shape index (κ1) is 23.2. The SMILES string of the molecule is COc1cc2c(cc1OC)C(=C(Nc1ccc(OCCN(C)C)cc1)c1ccccc1)C(=O)N2. The van der Waals surface area contributed by atoms with Crippen LogP contribution in [0.2, 0.25) is 0 Å². The predicted octanol–water partition coefficient (Wildman–Crippen LogP) is 4.58. The zero-order valence-corrected chi connectivity index (χ0v) is 19.8. The van der Waals surface area contributed by atoms with Crippen LogP contribution in [-0.4, -0.2) is 52.3 Å². The Hall–Kier alpha value is -3.97. The van der Waals surface area contributed by atoms with Crippen LogP contribution in [-0.2, 0) is 4.79 Å². The van der Waals surface area contributed by atoms with Gasteiger partial charge in [-0.1, -0.05) is 30.3 Å². The third-order valence-corrected chi connectivity index (χ3v) is 5.51. The molecule has 0 spiro atoms. The molecule has 3 aromatic rings. The third kappa shape index (κ3) is 5.00. The maximum atomic E-state index is 13.1. The van der Waals surface area contributed by atoms with Gasteiger partial charge in [-0.05, 0) is 50.0 Å². The summed E-state index contributed by atoms with van der Waals surface area (Å²) in [6, 6.07) is 21.1. The summed E-state index contributed by atoms with van der Waals surface area (Å²) in [5.74, 6) is 1.71. The fraction of sp³-hybridized carbons (Fsp3) is 0.222. The molecule has 1 amide bonds. The highest BCUT2D eigenvalue weighted by atomic mass is 16.5. The number of hydrogen-bond acceptors (Lipinski definition) is 6. The zero-order chi connectivity index (χ0) is 24.1. The maximum Gasteiger partial charge on any atom is 0.258 e. The van der Waals surface area contributed by atoms with Gasteiger partial charge >= 0.3 is 0 Å². The van der Waals surface area contributed by atoms with Crippen LogP contribution in [0, 0.1) is 0 Å². The lowest BCUT2D eigenvalue weighted by molar-refractivity contribution is -0.110. The van der Waals surface area contributed by atoms with Crippen molar-refractivity contribution in [3.05, 3.63) is 77.9 Å². The molecule has 0 saturated carbocycles. The lowest BCUT2D eigenvalue weighted by atomic mass is 9.99. The minimum atomic E-state index is -0.194. The van der Waals surface area contributed by atoms with Gasteiger partial charge in [0.15, 0.2) is 11.5 Å². The second kappa shape index (κ2) is 10.3. The van der Waals surface area contributed by atoms with Crippen LogP contribution in [0.1, 0.15) is 11.1 Å². The summed E-state index contributed by atoms with van der Waals surface area (Å²) in [6.07, 6.45) is 0. The van der Waals surface area contributed by atoms with Crippen LogP contribution in [0.5, 0.6) is 17.2 Å². The number of carbonyl (C=O) groups excluding carboxylic acids is 1. The Morgan fingerprint density at radius 3 is 2.26 bits per heavy atom. The summed E-state index contributed by atoms with van der Waals surface area (Å²) < 4.78 is 16.7. The van der Waals surface area contributed by atoms with E-state index >= 15 is 0 Å². The topological polar surface area (TPSA) is 72.1 Å². The fourth-order valence-corrected chi connectivity index (χ4v) is 3.75. The van der Waals surface area contributed by atoms with Gasteiger partial charge in [-0.3, -0.25) is 4.79 Å². The number of nitrogens with zero attached hydrogens (tertiary/aromatic N) is 1. The molecule has 34 heavy (non-hydrogen) atoms. The van der Waals surface area contributed by atoms with Crippen molar-refractivity contribution in [2.24, 2.45) is 0 Å². The number of fused-ring (bicyclic) bond motifs is 1. The number of amides is 1. The first-order valence-corrected chi connectivity index (χ1v) is 11.0. The van der Waals surface area contributed by atoms with Gasteiger partial charge in [-0.15, -0.1) is 0 Å². The van der Waals surface area contributed by atoms with Gasteiger partial charge in [0.2, 0.25) is 0 Å². The Labute approximate surface area is 199 Å². The van der Waals surface area contributed by atoms with Gasteiger partial charge in [0.25, 0.3) is 5.91 Å². The summed E-state index contributed by atoms with van der Waals surface area (Å²) in [5.41, 5.74) is 4.39. The van der Waals surface area contributed by atoms with Crippen molar-refractivity contribution in [2.75, 3.05) is 52.1 Å². The van der Waals surface area contributed by atoms with E-state index in [0.717, 1.165) is 29.1 Å². The van der Waals surface area contributed by atoms with E-state index in [9.17, 15) is 4.79 Å². The van der Waals surface area contributed by atoms with E-state index in [1.807, 2.05) is 74.8 Å².